The Morgan fingerprint density at radius 2 is 1.94 bits per heavy atom. The number of hydrogen-bond acceptors (Lipinski definition) is 3. The summed E-state index contributed by atoms with van der Waals surface area (Å²) >= 11 is 0. The molecule has 2 rings (SSSR count). The van der Waals surface area contributed by atoms with Crippen molar-refractivity contribution in [2.45, 2.75) is 6.42 Å². The van der Waals surface area contributed by atoms with Gasteiger partial charge in [0.2, 0.25) is 0 Å². The van der Waals surface area contributed by atoms with E-state index in [0.29, 0.717) is 18.7 Å². The lowest BCUT2D eigenvalue weighted by atomic mass is 10.1. The zero-order valence-corrected chi connectivity index (χ0v) is 9.93. The number of carbonyl (C=O) groups is 1. The first-order valence-corrected chi connectivity index (χ1v) is 5.85. The van der Waals surface area contributed by atoms with Crippen LogP contribution < -0.4 is 10.1 Å². The number of rotatable bonds is 4. The second kappa shape index (κ2) is 6.02. The van der Waals surface area contributed by atoms with Gasteiger partial charge in [-0.15, -0.1) is 0 Å². The van der Waals surface area contributed by atoms with Gasteiger partial charge in [-0.3, -0.25) is 0 Å². The SMILES string of the molecule is O=C(NCCCO)Oc1ccc2ccccc2c1. The van der Waals surface area contributed by atoms with Gasteiger partial charge in [-0.1, -0.05) is 30.3 Å². The van der Waals surface area contributed by atoms with Gasteiger partial charge in [0.15, 0.2) is 0 Å². The Bertz CT molecular complexity index is 539. The third-order valence-corrected chi connectivity index (χ3v) is 2.54. The van der Waals surface area contributed by atoms with Crippen LogP contribution in [0.15, 0.2) is 42.5 Å². The fourth-order valence-electron chi connectivity index (χ4n) is 1.64. The van der Waals surface area contributed by atoms with E-state index in [1.807, 2.05) is 36.4 Å². The second-order valence-corrected chi connectivity index (χ2v) is 3.90. The molecule has 2 aromatic carbocycles. The van der Waals surface area contributed by atoms with Crippen molar-refractivity contribution in [3.63, 3.8) is 0 Å². The number of fused-ring (bicyclic) bond motifs is 1. The quantitative estimate of drug-likeness (QED) is 0.813. The Labute approximate surface area is 105 Å². The Balaban J connectivity index is 2.01. The molecule has 4 heteroatoms. The van der Waals surface area contributed by atoms with Gasteiger partial charge in [-0.25, -0.2) is 4.79 Å². The van der Waals surface area contributed by atoms with Crippen LogP contribution in [0.5, 0.6) is 5.75 Å². The fraction of sp³-hybridized carbons (Fsp3) is 0.214. The molecule has 2 aromatic rings. The van der Waals surface area contributed by atoms with Crippen LogP contribution in [-0.2, 0) is 0 Å². The highest BCUT2D eigenvalue weighted by Gasteiger charge is 2.03. The van der Waals surface area contributed by atoms with Crippen LogP contribution in [0.3, 0.4) is 0 Å². The largest absolute Gasteiger partial charge is 0.412 e. The summed E-state index contributed by atoms with van der Waals surface area (Å²) in [5, 5.41) is 13.3. The number of nitrogens with one attached hydrogen (secondary N) is 1. The van der Waals surface area contributed by atoms with Crippen LogP contribution in [0.4, 0.5) is 4.79 Å². The van der Waals surface area contributed by atoms with Crippen molar-refractivity contribution < 1.29 is 14.6 Å². The van der Waals surface area contributed by atoms with Gasteiger partial charge < -0.3 is 15.2 Å². The topological polar surface area (TPSA) is 58.6 Å². The lowest BCUT2D eigenvalue weighted by Gasteiger charge is -2.06. The Hall–Kier alpha value is -2.07. The first-order chi connectivity index (χ1) is 8.79. The molecule has 0 aliphatic carbocycles. The minimum Gasteiger partial charge on any atom is -0.410 e. The molecule has 0 saturated heterocycles. The van der Waals surface area contributed by atoms with E-state index in [1.165, 1.54) is 0 Å². The molecule has 2 N–H and O–H groups in total. The van der Waals surface area contributed by atoms with Crippen LogP contribution in [0.25, 0.3) is 10.8 Å². The van der Waals surface area contributed by atoms with Crippen LogP contribution in [-0.4, -0.2) is 24.4 Å². The number of benzene rings is 2. The maximum atomic E-state index is 11.4. The van der Waals surface area contributed by atoms with Crippen LogP contribution >= 0.6 is 0 Å². The van der Waals surface area contributed by atoms with Gasteiger partial charge in [0.1, 0.15) is 5.75 Å². The van der Waals surface area contributed by atoms with E-state index in [-0.39, 0.29) is 6.61 Å². The number of ether oxygens (including phenoxy) is 1. The fourth-order valence-corrected chi connectivity index (χ4v) is 1.64. The Morgan fingerprint density at radius 1 is 1.17 bits per heavy atom. The highest BCUT2D eigenvalue weighted by Crippen LogP contribution is 2.20. The van der Waals surface area contributed by atoms with Crippen LogP contribution in [0, 0.1) is 0 Å². The van der Waals surface area contributed by atoms with Crippen molar-refractivity contribution >= 4 is 16.9 Å². The Morgan fingerprint density at radius 3 is 2.72 bits per heavy atom. The summed E-state index contributed by atoms with van der Waals surface area (Å²) in [7, 11) is 0. The van der Waals surface area contributed by atoms with E-state index in [2.05, 4.69) is 5.32 Å². The van der Waals surface area contributed by atoms with Gasteiger partial charge in [-0.2, -0.15) is 0 Å². The lowest BCUT2D eigenvalue weighted by molar-refractivity contribution is 0.199. The summed E-state index contributed by atoms with van der Waals surface area (Å²) in [4.78, 5) is 11.4. The molecular formula is C14H15NO3. The maximum Gasteiger partial charge on any atom is 0.412 e. The van der Waals surface area contributed by atoms with E-state index in [0.717, 1.165) is 10.8 Å². The van der Waals surface area contributed by atoms with Crippen molar-refractivity contribution in [2.24, 2.45) is 0 Å². The van der Waals surface area contributed by atoms with E-state index >= 15 is 0 Å². The molecule has 1 amide bonds. The molecule has 0 radical (unpaired) electrons. The van der Waals surface area contributed by atoms with Gasteiger partial charge in [-0.05, 0) is 29.3 Å². The van der Waals surface area contributed by atoms with Crippen LogP contribution in [0.1, 0.15) is 6.42 Å². The number of aliphatic hydroxyl groups excluding tert-OH is 1. The molecule has 0 spiro atoms. The molecule has 0 aliphatic heterocycles. The molecule has 18 heavy (non-hydrogen) atoms. The third kappa shape index (κ3) is 3.21. The predicted molar refractivity (Wildman–Crippen MR) is 69.7 cm³/mol. The van der Waals surface area contributed by atoms with E-state index < -0.39 is 6.09 Å². The van der Waals surface area contributed by atoms with Gasteiger partial charge in [0.05, 0.1) is 0 Å². The van der Waals surface area contributed by atoms with Gasteiger partial charge in [0, 0.05) is 13.2 Å². The second-order valence-electron chi connectivity index (χ2n) is 3.90. The molecule has 0 atom stereocenters. The van der Waals surface area contributed by atoms with Crippen molar-refractivity contribution in [1.29, 1.82) is 0 Å². The van der Waals surface area contributed by atoms with Crippen molar-refractivity contribution in [2.75, 3.05) is 13.2 Å². The normalized spacial score (nSPS) is 10.3. The summed E-state index contributed by atoms with van der Waals surface area (Å²) < 4.78 is 5.14. The number of amides is 1. The molecule has 0 saturated carbocycles. The first kappa shape index (κ1) is 12.4. The molecule has 94 valence electrons. The summed E-state index contributed by atoms with van der Waals surface area (Å²) in [5.41, 5.74) is 0. The van der Waals surface area contributed by atoms with Crippen LogP contribution in [0.2, 0.25) is 0 Å². The first-order valence-electron chi connectivity index (χ1n) is 5.85. The average molecular weight is 245 g/mol. The highest BCUT2D eigenvalue weighted by molar-refractivity contribution is 5.84. The molecular weight excluding hydrogens is 230 g/mol. The molecule has 0 aromatic heterocycles. The minimum absolute atomic E-state index is 0.0518. The predicted octanol–water partition coefficient (Wildman–Crippen LogP) is 2.31. The smallest absolute Gasteiger partial charge is 0.410 e. The number of hydrogen-bond donors (Lipinski definition) is 2. The molecule has 0 fully saturated rings. The molecule has 0 unspecified atom stereocenters. The zero-order chi connectivity index (χ0) is 12.8. The zero-order valence-electron chi connectivity index (χ0n) is 9.93. The molecule has 0 aliphatic rings. The maximum absolute atomic E-state index is 11.4. The van der Waals surface area contributed by atoms with E-state index in [4.69, 9.17) is 9.84 Å². The highest BCUT2D eigenvalue weighted by atomic mass is 16.6. The molecule has 0 heterocycles. The lowest BCUT2D eigenvalue weighted by Crippen LogP contribution is -2.28. The summed E-state index contributed by atoms with van der Waals surface area (Å²) in [6.07, 6.45) is 0.0195. The summed E-state index contributed by atoms with van der Waals surface area (Å²) in [6, 6.07) is 13.4. The minimum atomic E-state index is -0.501. The third-order valence-electron chi connectivity index (χ3n) is 2.54. The van der Waals surface area contributed by atoms with Gasteiger partial charge >= 0.3 is 6.09 Å². The van der Waals surface area contributed by atoms with E-state index in [9.17, 15) is 4.79 Å². The van der Waals surface area contributed by atoms with Crippen molar-refractivity contribution in [1.82, 2.24) is 5.32 Å². The average Bonchev–Trinajstić information content (AvgIpc) is 2.39. The standard InChI is InChI=1S/C14H15NO3/c16-9-3-8-15-14(17)18-13-7-6-11-4-1-2-5-12(11)10-13/h1-2,4-7,10,16H,3,8-9H2,(H,15,17). The monoisotopic (exact) mass is 245 g/mol. The summed E-state index contributed by atoms with van der Waals surface area (Å²) in [5.74, 6) is 0.509. The molecule has 0 bridgehead atoms. The summed E-state index contributed by atoms with van der Waals surface area (Å²) in [6.45, 7) is 0.458. The van der Waals surface area contributed by atoms with Gasteiger partial charge in [0.25, 0.3) is 0 Å². The molecule has 4 nitrogen and oxygen atoms in total. The van der Waals surface area contributed by atoms with E-state index in [1.54, 1.807) is 6.07 Å². The van der Waals surface area contributed by atoms with Crippen molar-refractivity contribution in [3.8, 4) is 5.75 Å². The number of aliphatic hydroxyl groups is 1. The van der Waals surface area contributed by atoms with Crippen molar-refractivity contribution in [3.05, 3.63) is 42.5 Å². The Kier molecular flexibility index (Phi) is 4.15. The number of carbonyl (C=O) groups excluding carboxylic acids is 1.